The molecule has 4 heterocycles. The van der Waals surface area contributed by atoms with Crippen molar-refractivity contribution in [2.75, 3.05) is 58.3 Å². The predicted molar refractivity (Wildman–Crippen MR) is 169 cm³/mol. The van der Waals surface area contributed by atoms with Gasteiger partial charge in [0.05, 0.1) is 13.2 Å². The van der Waals surface area contributed by atoms with Crippen LogP contribution in [0, 0.1) is 17.1 Å². The number of nitriles is 1. The van der Waals surface area contributed by atoms with Crippen LogP contribution in [-0.2, 0) is 4.79 Å². The molecule has 0 atom stereocenters. The van der Waals surface area contributed by atoms with Gasteiger partial charge in [0.1, 0.15) is 11.0 Å². The molecule has 4 aromatic rings. The van der Waals surface area contributed by atoms with Gasteiger partial charge in [-0.2, -0.15) is 15.2 Å². The number of rotatable bonds is 4. The first-order valence-corrected chi connectivity index (χ1v) is 14.5. The first kappa shape index (κ1) is 32.5. The second-order valence-electron chi connectivity index (χ2n) is 10.3. The van der Waals surface area contributed by atoms with Gasteiger partial charge in [0.25, 0.3) is 5.91 Å². The van der Waals surface area contributed by atoms with Crippen LogP contribution in [0.3, 0.4) is 0 Å². The number of pyridine rings is 1. The molecule has 2 fully saturated rings. The van der Waals surface area contributed by atoms with Crippen LogP contribution in [0.5, 0.6) is 6.01 Å². The highest BCUT2D eigenvalue weighted by atomic mass is 35.5. The van der Waals surface area contributed by atoms with Crippen LogP contribution >= 0.6 is 11.6 Å². The Morgan fingerprint density at radius 2 is 1.66 bits per heavy atom. The second kappa shape index (κ2) is 14.9. The molecule has 0 saturated carbocycles. The molecule has 0 aliphatic carbocycles. The number of ether oxygens (including phenoxy) is 1. The number of benzene rings is 2. The van der Waals surface area contributed by atoms with E-state index in [0.29, 0.717) is 34.9 Å². The summed E-state index contributed by atoms with van der Waals surface area (Å²) in [5.74, 6) is -1.94. The summed E-state index contributed by atoms with van der Waals surface area (Å²) >= 11 is 6.46. The number of amides is 1. The van der Waals surface area contributed by atoms with Gasteiger partial charge in [0.15, 0.2) is 17.5 Å². The van der Waals surface area contributed by atoms with Gasteiger partial charge < -0.3 is 19.4 Å². The third-order valence-electron chi connectivity index (χ3n) is 7.37. The van der Waals surface area contributed by atoms with Crippen molar-refractivity contribution in [3.63, 3.8) is 0 Å². The maximum Gasteiger partial charge on any atom is 0.318 e. The third kappa shape index (κ3) is 7.21. The number of likely N-dealkylation sites (tertiary alicyclic amines) is 1. The minimum atomic E-state index is -1.00. The summed E-state index contributed by atoms with van der Waals surface area (Å²) in [5, 5.41) is 9.41. The van der Waals surface area contributed by atoms with Crippen LogP contribution in [0.2, 0.25) is 5.02 Å². The lowest BCUT2D eigenvalue weighted by atomic mass is 9.98. The van der Waals surface area contributed by atoms with Crippen molar-refractivity contribution >= 4 is 45.1 Å². The summed E-state index contributed by atoms with van der Waals surface area (Å²) in [7, 11) is 3.57. The summed E-state index contributed by atoms with van der Waals surface area (Å²) < 4.78 is 34.5. The molecule has 0 N–H and O–H groups in total. The molecule has 9 nitrogen and oxygen atoms in total. The van der Waals surface area contributed by atoms with E-state index in [1.54, 1.807) is 18.2 Å². The lowest BCUT2D eigenvalue weighted by molar-refractivity contribution is -0.128. The molecule has 12 heteroatoms. The van der Waals surface area contributed by atoms with Gasteiger partial charge in [-0.15, -0.1) is 0 Å². The van der Waals surface area contributed by atoms with Gasteiger partial charge in [0.2, 0.25) is 0 Å². The number of carbonyl (C=O) groups excluding carboxylic acids is 1. The van der Waals surface area contributed by atoms with Gasteiger partial charge in [-0.25, -0.2) is 13.8 Å². The monoisotopic (exact) mass is 621 g/mol. The molecule has 0 spiro atoms. The molecule has 2 aromatic carbocycles. The summed E-state index contributed by atoms with van der Waals surface area (Å²) in [6.07, 6.45) is 4.27. The van der Waals surface area contributed by atoms with Crippen molar-refractivity contribution in [1.82, 2.24) is 24.8 Å². The average molecular weight is 622 g/mol. The van der Waals surface area contributed by atoms with Crippen LogP contribution in [0.1, 0.15) is 19.8 Å². The van der Waals surface area contributed by atoms with E-state index < -0.39 is 17.6 Å². The number of halogens is 3. The van der Waals surface area contributed by atoms with Crippen molar-refractivity contribution in [3.05, 3.63) is 65.8 Å². The summed E-state index contributed by atoms with van der Waals surface area (Å²) in [5.41, 5.74) is 1.11. The molecule has 2 aromatic heterocycles. The molecule has 0 bridgehead atoms. The molecule has 2 aliphatic rings. The Kier molecular flexibility index (Phi) is 11.0. The van der Waals surface area contributed by atoms with Crippen molar-refractivity contribution in [3.8, 4) is 23.2 Å². The Labute approximate surface area is 260 Å². The highest BCUT2D eigenvalue weighted by molar-refractivity contribution is 6.36. The van der Waals surface area contributed by atoms with Crippen LogP contribution in [0.15, 0.2) is 55.0 Å². The summed E-state index contributed by atoms with van der Waals surface area (Å²) in [6.45, 7) is 8.34. The fraction of sp³-hybridized carbons (Fsp3) is 0.344. The van der Waals surface area contributed by atoms with Crippen molar-refractivity contribution in [2.45, 2.75) is 19.8 Å². The highest BCUT2D eigenvalue weighted by Gasteiger charge is 2.27. The number of carbonyl (C=O) groups is 1. The highest BCUT2D eigenvalue weighted by Crippen LogP contribution is 2.37. The Morgan fingerprint density at radius 3 is 2.23 bits per heavy atom. The average Bonchev–Trinajstić information content (AvgIpc) is 3.52. The molecular weight excluding hydrogens is 588 g/mol. The Bertz CT molecular complexity index is 1690. The topological polar surface area (TPSA) is 98.5 Å². The van der Waals surface area contributed by atoms with Crippen LogP contribution in [0.25, 0.3) is 32.9 Å². The summed E-state index contributed by atoms with van der Waals surface area (Å²) in [6, 6.07) is 12.8. The lowest BCUT2D eigenvalue weighted by Gasteiger charge is -2.35. The number of hydrogen-bond acceptors (Lipinski definition) is 8. The quantitative estimate of drug-likeness (QED) is 0.255. The van der Waals surface area contributed by atoms with E-state index in [4.69, 9.17) is 21.6 Å². The van der Waals surface area contributed by atoms with Crippen LogP contribution in [-0.4, -0.2) is 84.1 Å². The van der Waals surface area contributed by atoms with E-state index in [1.807, 2.05) is 29.2 Å². The van der Waals surface area contributed by atoms with Crippen LogP contribution < -0.4 is 9.64 Å². The maximum absolute atomic E-state index is 16.0. The van der Waals surface area contributed by atoms with Gasteiger partial charge >= 0.3 is 6.01 Å². The molecule has 1 amide bonds. The normalized spacial score (nSPS) is 14.8. The predicted octanol–water partition coefficient (Wildman–Crippen LogP) is 6.02. The number of nitrogens with zero attached hydrogens (tertiary/aromatic N) is 7. The first-order valence-electron chi connectivity index (χ1n) is 14.2. The molecule has 0 radical (unpaired) electrons. The molecule has 6 rings (SSSR count). The van der Waals surface area contributed by atoms with E-state index in [0.717, 1.165) is 5.39 Å². The SMILES string of the molecule is C=C(F)C(=O)N1CCN(c2nc(OC)nc3c(F)c(-c4cccc5cccc(Cl)c45)cnc23)CC1.CC#N.CN1CCCC1. The molecule has 2 saturated heterocycles. The van der Waals surface area contributed by atoms with Gasteiger partial charge in [-0.05, 0) is 50.0 Å². The minimum absolute atomic E-state index is 0.00375. The van der Waals surface area contributed by atoms with Gasteiger partial charge in [0, 0.05) is 55.3 Å². The number of piperazine rings is 1. The van der Waals surface area contributed by atoms with Crippen LogP contribution in [0.4, 0.5) is 14.6 Å². The number of aromatic nitrogens is 3. The standard InChI is InChI=1S/C25H20ClF2N5O2.C5H11N.C2H3N/c1-14(27)24(34)33-11-9-32(10-12-33)23-22-21(30-25(31-23)35-2)20(28)17(13-29-22)16-7-3-5-15-6-4-8-18(26)19(15)16;1-6-4-2-3-5-6;1-2-3/h3-8,13H,1,9-12H2,2H3;2-5H2,1H3;1H3. The fourth-order valence-electron chi connectivity index (χ4n) is 5.20. The number of hydrogen-bond donors (Lipinski definition) is 0. The third-order valence-corrected chi connectivity index (χ3v) is 7.68. The van der Waals surface area contributed by atoms with E-state index >= 15 is 4.39 Å². The van der Waals surface area contributed by atoms with E-state index in [9.17, 15) is 9.18 Å². The van der Waals surface area contributed by atoms with Crippen molar-refractivity contribution in [1.29, 1.82) is 5.26 Å². The molecule has 2 aliphatic heterocycles. The molecular formula is C32H34ClF2N7O2. The zero-order valence-electron chi connectivity index (χ0n) is 25.0. The molecule has 230 valence electrons. The number of anilines is 1. The molecule has 0 unspecified atom stereocenters. The first-order chi connectivity index (χ1) is 21.2. The van der Waals surface area contributed by atoms with E-state index in [-0.39, 0.29) is 35.7 Å². The number of fused-ring (bicyclic) bond motifs is 2. The zero-order chi connectivity index (χ0) is 31.8. The molecule has 44 heavy (non-hydrogen) atoms. The second-order valence-corrected chi connectivity index (χ2v) is 10.7. The smallest absolute Gasteiger partial charge is 0.318 e. The van der Waals surface area contributed by atoms with Gasteiger partial charge in [-0.3, -0.25) is 4.79 Å². The zero-order valence-corrected chi connectivity index (χ0v) is 25.7. The Morgan fingerprint density at radius 1 is 1.02 bits per heavy atom. The van der Waals surface area contributed by atoms with Crippen molar-refractivity contribution in [2.24, 2.45) is 0 Å². The van der Waals surface area contributed by atoms with Crippen molar-refractivity contribution < 1.29 is 18.3 Å². The van der Waals surface area contributed by atoms with E-state index in [2.05, 4.69) is 33.5 Å². The Balaban J connectivity index is 0.000000427. The Hall–Kier alpha value is -4.40. The summed E-state index contributed by atoms with van der Waals surface area (Å²) in [4.78, 5) is 30.7. The maximum atomic E-state index is 16.0. The minimum Gasteiger partial charge on any atom is -0.467 e. The van der Waals surface area contributed by atoms with Gasteiger partial charge in [-0.1, -0.05) is 48.5 Å². The fourth-order valence-corrected chi connectivity index (χ4v) is 5.48. The number of methoxy groups -OCH3 is 1. The van der Waals surface area contributed by atoms with E-state index in [1.165, 1.54) is 51.1 Å². The lowest BCUT2D eigenvalue weighted by Crippen LogP contribution is -2.49. The largest absolute Gasteiger partial charge is 0.467 e.